The molecule has 2 aliphatic carbocycles. The molecule has 16 heavy (non-hydrogen) atoms. The zero-order chi connectivity index (χ0) is 11.7. The summed E-state index contributed by atoms with van der Waals surface area (Å²) >= 11 is 0. The van der Waals surface area contributed by atoms with Crippen molar-refractivity contribution in [3.8, 4) is 12.1 Å². The lowest BCUT2D eigenvalue weighted by molar-refractivity contribution is -0.114. The van der Waals surface area contributed by atoms with Crippen molar-refractivity contribution in [3.63, 3.8) is 0 Å². The molecule has 2 rings (SSSR count). The number of hydrogen-bond acceptors (Lipinski definition) is 3. The van der Waals surface area contributed by atoms with Crippen molar-refractivity contribution in [1.29, 1.82) is 10.5 Å². The molecule has 3 nitrogen and oxygen atoms in total. The Morgan fingerprint density at radius 3 is 2.62 bits per heavy atom. The van der Waals surface area contributed by atoms with Gasteiger partial charge >= 0.3 is 0 Å². The predicted octanol–water partition coefficient (Wildman–Crippen LogP) is 2.34. The highest BCUT2D eigenvalue weighted by molar-refractivity contribution is 6.06. The van der Waals surface area contributed by atoms with E-state index in [9.17, 15) is 4.79 Å². The molecule has 0 N–H and O–H groups in total. The van der Waals surface area contributed by atoms with Crippen LogP contribution in [0, 0.1) is 22.7 Å². The van der Waals surface area contributed by atoms with Gasteiger partial charge in [-0.3, -0.25) is 4.79 Å². The summed E-state index contributed by atoms with van der Waals surface area (Å²) in [4.78, 5) is 11.7. The monoisotopic (exact) mass is 210 g/mol. The molecule has 0 radical (unpaired) electrons. The van der Waals surface area contributed by atoms with Crippen molar-refractivity contribution in [3.05, 3.63) is 33.9 Å². The lowest BCUT2D eigenvalue weighted by atomic mass is 9.91. The SMILES string of the molecule is CC1=CC2=C(CC1)C(=C(C#N)C#N)CC2=O. The van der Waals surface area contributed by atoms with Gasteiger partial charge in [-0.1, -0.05) is 11.6 Å². The average Bonchev–Trinajstić information content (AvgIpc) is 2.58. The van der Waals surface area contributed by atoms with Gasteiger partial charge in [-0.05, 0) is 30.9 Å². The zero-order valence-electron chi connectivity index (χ0n) is 9.00. The second kappa shape index (κ2) is 3.79. The van der Waals surface area contributed by atoms with Crippen LogP contribution in [0.1, 0.15) is 26.2 Å². The first-order valence-corrected chi connectivity index (χ1v) is 5.14. The van der Waals surface area contributed by atoms with E-state index in [0.717, 1.165) is 18.4 Å². The minimum Gasteiger partial charge on any atom is -0.294 e. The Hall–Kier alpha value is -2.13. The largest absolute Gasteiger partial charge is 0.294 e. The van der Waals surface area contributed by atoms with Gasteiger partial charge in [-0.25, -0.2) is 0 Å². The third kappa shape index (κ3) is 1.47. The smallest absolute Gasteiger partial charge is 0.167 e. The topological polar surface area (TPSA) is 64.7 Å². The number of nitrogens with zero attached hydrogens (tertiary/aromatic N) is 2. The van der Waals surface area contributed by atoms with Crippen LogP contribution in [0.25, 0.3) is 0 Å². The van der Waals surface area contributed by atoms with Crippen LogP contribution >= 0.6 is 0 Å². The molecular weight excluding hydrogens is 200 g/mol. The first kappa shape index (κ1) is 10.4. The maximum atomic E-state index is 11.7. The Kier molecular flexibility index (Phi) is 2.46. The van der Waals surface area contributed by atoms with Gasteiger partial charge in [0.2, 0.25) is 0 Å². The normalized spacial score (nSPS) is 18.8. The molecule has 0 aromatic heterocycles. The van der Waals surface area contributed by atoms with Crippen LogP contribution in [-0.2, 0) is 4.79 Å². The van der Waals surface area contributed by atoms with Gasteiger partial charge in [0.15, 0.2) is 5.78 Å². The first-order chi connectivity index (χ1) is 7.67. The molecule has 0 aromatic rings. The molecule has 0 aromatic carbocycles. The summed E-state index contributed by atoms with van der Waals surface area (Å²) in [5.74, 6) is 0.0343. The van der Waals surface area contributed by atoms with Crippen molar-refractivity contribution in [1.82, 2.24) is 0 Å². The number of hydrogen-bond donors (Lipinski definition) is 0. The van der Waals surface area contributed by atoms with Crippen molar-refractivity contribution in [2.24, 2.45) is 0 Å². The fraction of sp³-hybridized carbons (Fsp3) is 0.308. The Bertz CT molecular complexity index is 531. The lowest BCUT2D eigenvalue weighted by Crippen LogP contribution is -1.98. The predicted molar refractivity (Wildman–Crippen MR) is 57.9 cm³/mol. The second-order valence-electron chi connectivity index (χ2n) is 4.06. The van der Waals surface area contributed by atoms with E-state index in [2.05, 4.69) is 0 Å². The first-order valence-electron chi connectivity index (χ1n) is 5.14. The summed E-state index contributed by atoms with van der Waals surface area (Å²) < 4.78 is 0. The van der Waals surface area contributed by atoms with E-state index in [-0.39, 0.29) is 17.8 Å². The molecule has 0 atom stereocenters. The van der Waals surface area contributed by atoms with Gasteiger partial charge < -0.3 is 0 Å². The fourth-order valence-corrected chi connectivity index (χ4v) is 2.19. The van der Waals surface area contributed by atoms with Gasteiger partial charge in [0.25, 0.3) is 0 Å². The number of carbonyl (C=O) groups is 1. The molecule has 0 fully saturated rings. The van der Waals surface area contributed by atoms with Crippen LogP contribution in [-0.4, -0.2) is 5.78 Å². The van der Waals surface area contributed by atoms with Crippen LogP contribution in [0.15, 0.2) is 33.9 Å². The van der Waals surface area contributed by atoms with Crippen LogP contribution in [0.2, 0.25) is 0 Å². The fourth-order valence-electron chi connectivity index (χ4n) is 2.19. The van der Waals surface area contributed by atoms with Gasteiger partial charge in [0.1, 0.15) is 17.7 Å². The van der Waals surface area contributed by atoms with Gasteiger partial charge in [-0.15, -0.1) is 0 Å². The molecule has 2 aliphatic rings. The standard InChI is InChI=1S/C13H10N2O/c1-8-2-3-10-11(9(6-14)7-15)5-13(16)12(10)4-8/h4H,2-3,5H2,1H3. The van der Waals surface area contributed by atoms with E-state index in [0.29, 0.717) is 11.1 Å². The number of rotatable bonds is 0. The van der Waals surface area contributed by atoms with E-state index in [1.165, 1.54) is 5.57 Å². The summed E-state index contributed by atoms with van der Waals surface area (Å²) in [6.45, 7) is 1.99. The van der Waals surface area contributed by atoms with Crippen LogP contribution in [0.3, 0.4) is 0 Å². The Labute approximate surface area is 94.0 Å². The highest BCUT2D eigenvalue weighted by Crippen LogP contribution is 2.38. The number of Topliss-reactive ketones (excluding diaryl/α,β-unsaturated/α-hetero) is 1. The molecule has 0 saturated carbocycles. The van der Waals surface area contributed by atoms with Crippen molar-refractivity contribution in [2.45, 2.75) is 26.2 Å². The van der Waals surface area contributed by atoms with E-state index >= 15 is 0 Å². The summed E-state index contributed by atoms with van der Waals surface area (Å²) in [5.41, 5.74) is 3.54. The molecular formula is C13H10N2O. The molecule has 0 unspecified atom stereocenters. The molecule has 0 amide bonds. The number of allylic oxidation sites excluding steroid dienone is 6. The average molecular weight is 210 g/mol. The summed E-state index contributed by atoms with van der Waals surface area (Å²) in [6, 6.07) is 3.74. The van der Waals surface area contributed by atoms with E-state index < -0.39 is 0 Å². The van der Waals surface area contributed by atoms with Gasteiger partial charge in [0.05, 0.1) is 0 Å². The number of nitriles is 2. The zero-order valence-corrected chi connectivity index (χ0v) is 9.00. The summed E-state index contributed by atoms with van der Waals surface area (Å²) in [7, 11) is 0. The van der Waals surface area contributed by atoms with E-state index in [1.54, 1.807) is 0 Å². The van der Waals surface area contributed by atoms with Crippen LogP contribution in [0.4, 0.5) is 0 Å². The van der Waals surface area contributed by atoms with Gasteiger partial charge in [0, 0.05) is 12.0 Å². The highest BCUT2D eigenvalue weighted by atomic mass is 16.1. The maximum absolute atomic E-state index is 11.7. The molecule has 0 aliphatic heterocycles. The van der Waals surface area contributed by atoms with Crippen LogP contribution < -0.4 is 0 Å². The molecule has 0 saturated heterocycles. The Morgan fingerprint density at radius 1 is 1.31 bits per heavy atom. The quantitative estimate of drug-likeness (QED) is 0.576. The Morgan fingerprint density at radius 2 is 2.00 bits per heavy atom. The van der Waals surface area contributed by atoms with Crippen molar-refractivity contribution < 1.29 is 4.79 Å². The van der Waals surface area contributed by atoms with E-state index in [4.69, 9.17) is 10.5 Å². The minimum absolute atomic E-state index is 0.0343. The molecule has 0 bridgehead atoms. The summed E-state index contributed by atoms with van der Waals surface area (Å²) in [5, 5.41) is 17.7. The number of carbonyl (C=O) groups excluding carboxylic acids is 1. The lowest BCUT2D eigenvalue weighted by Gasteiger charge is -2.12. The van der Waals surface area contributed by atoms with Gasteiger partial charge in [-0.2, -0.15) is 10.5 Å². The third-order valence-electron chi connectivity index (χ3n) is 3.01. The summed E-state index contributed by atoms with van der Waals surface area (Å²) in [6.07, 6.45) is 3.77. The molecule has 3 heteroatoms. The molecule has 0 spiro atoms. The molecule has 78 valence electrons. The van der Waals surface area contributed by atoms with E-state index in [1.807, 2.05) is 25.1 Å². The highest BCUT2D eigenvalue weighted by Gasteiger charge is 2.30. The second-order valence-corrected chi connectivity index (χ2v) is 4.06. The maximum Gasteiger partial charge on any atom is 0.167 e. The number of ketones is 1. The van der Waals surface area contributed by atoms with Crippen molar-refractivity contribution >= 4 is 5.78 Å². The van der Waals surface area contributed by atoms with Crippen molar-refractivity contribution in [2.75, 3.05) is 0 Å². The molecule has 0 heterocycles. The minimum atomic E-state index is 0.0343. The Balaban J connectivity index is 2.59. The third-order valence-corrected chi connectivity index (χ3v) is 3.01. The van der Waals surface area contributed by atoms with Crippen LogP contribution in [0.5, 0.6) is 0 Å².